The molecule has 106 valence electrons. The average Bonchev–Trinajstić information content (AvgIpc) is 2.36. The van der Waals surface area contributed by atoms with Crippen molar-refractivity contribution in [1.29, 1.82) is 0 Å². The number of nitrogens with zero attached hydrogens (tertiary/aromatic N) is 1. The Bertz CT molecular complexity index is 433. The maximum Gasteiger partial charge on any atom is 0.191 e. The largest absolute Gasteiger partial charge is 0.493 e. The first kappa shape index (κ1) is 15.6. The van der Waals surface area contributed by atoms with Crippen LogP contribution in [-0.2, 0) is 6.54 Å². The summed E-state index contributed by atoms with van der Waals surface area (Å²) in [6.45, 7) is 7.35. The minimum Gasteiger partial charge on any atom is -0.493 e. The minimum atomic E-state index is 0.336. The molecular weight excluding hydrogens is 262 g/mol. The van der Waals surface area contributed by atoms with E-state index in [9.17, 15) is 0 Å². The molecule has 19 heavy (non-hydrogen) atoms. The maximum absolute atomic E-state index is 5.97. The highest BCUT2D eigenvalue weighted by atomic mass is 35.5. The molecule has 4 nitrogen and oxygen atoms in total. The smallest absolute Gasteiger partial charge is 0.191 e. The molecule has 0 aromatic heterocycles. The zero-order valence-corrected chi connectivity index (χ0v) is 12.7. The number of nitrogens with one attached hydrogen (secondary N) is 2. The van der Waals surface area contributed by atoms with Crippen LogP contribution in [0.1, 0.15) is 26.3 Å². The third kappa shape index (κ3) is 5.39. The van der Waals surface area contributed by atoms with Crippen LogP contribution < -0.4 is 15.4 Å². The minimum absolute atomic E-state index is 0.336. The van der Waals surface area contributed by atoms with Gasteiger partial charge in [0, 0.05) is 30.2 Å². The topological polar surface area (TPSA) is 45.6 Å². The van der Waals surface area contributed by atoms with Crippen molar-refractivity contribution >= 4 is 17.6 Å². The molecule has 0 atom stereocenters. The van der Waals surface area contributed by atoms with E-state index in [1.807, 2.05) is 25.1 Å². The molecule has 0 aliphatic carbocycles. The van der Waals surface area contributed by atoms with Gasteiger partial charge < -0.3 is 15.4 Å². The van der Waals surface area contributed by atoms with Gasteiger partial charge in [-0.05, 0) is 32.9 Å². The fraction of sp³-hybridized carbons (Fsp3) is 0.500. The molecule has 0 aliphatic heterocycles. The summed E-state index contributed by atoms with van der Waals surface area (Å²) < 4.78 is 5.58. The molecule has 1 aromatic carbocycles. The van der Waals surface area contributed by atoms with E-state index in [1.54, 1.807) is 7.05 Å². The Kier molecular flexibility index (Phi) is 6.50. The van der Waals surface area contributed by atoms with Crippen LogP contribution in [0.4, 0.5) is 0 Å². The van der Waals surface area contributed by atoms with Crippen LogP contribution in [0.3, 0.4) is 0 Å². The highest BCUT2D eigenvalue weighted by Crippen LogP contribution is 2.23. The lowest BCUT2D eigenvalue weighted by molar-refractivity contribution is 0.336. The Morgan fingerprint density at radius 2 is 2.16 bits per heavy atom. The van der Waals surface area contributed by atoms with Crippen LogP contribution in [0.5, 0.6) is 5.75 Å². The van der Waals surface area contributed by atoms with Crippen LogP contribution in [0.25, 0.3) is 0 Å². The summed E-state index contributed by atoms with van der Waals surface area (Å²) in [4.78, 5) is 4.16. The monoisotopic (exact) mass is 283 g/mol. The van der Waals surface area contributed by atoms with Gasteiger partial charge in [0.1, 0.15) is 5.75 Å². The van der Waals surface area contributed by atoms with Crippen LogP contribution >= 0.6 is 11.6 Å². The van der Waals surface area contributed by atoms with Crippen molar-refractivity contribution in [3.63, 3.8) is 0 Å². The van der Waals surface area contributed by atoms with E-state index in [0.29, 0.717) is 24.2 Å². The number of rotatable bonds is 5. The molecule has 0 saturated carbocycles. The summed E-state index contributed by atoms with van der Waals surface area (Å²) in [7, 11) is 1.75. The number of aliphatic imine (C=N–C) groups is 1. The molecule has 5 heteroatoms. The lowest BCUT2D eigenvalue weighted by atomic mass is 10.2. The molecule has 1 rings (SSSR count). The van der Waals surface area contributed by atoms with Gasteiger partial charge >= 0.3 is 0 Å². The van der Waals surface area contributed by atoms with Crippen LogP contribution in [0.15, 0.2) is 23.2 Å². The van der Waals surface area contributed by atoms with Gasteiger partial charge in [0.2, 0.25) is 0 Å². The van der Waals surface area contributed by atoms with Crippen molar-refractivity contribution in [1.82, 2.24) is 10.6 Å². The Morgan fingerprint density at radius 1 is 1.42 bits per heavy atom. The SMILES string of the molecule is CCOc1cc(Cl)ccc1CNC(=NC)NC(C)C. The first-order chi connectivity index (χ1) is 9.06. The molecule has 0 heterocycles. The average molecular weight is 284 g/mol. The van der Waals surface area contributed by atoms with Gasteiger partial charge in [0.05, 0.1) is 6.61 Å². The standard InChI is InChI=1S/C14H22ClN3O/c1-5-19-13-8-12(15)7-6-11(13)9-17-14(16-4)18-10(2)3/h6-8,10H,5,9H2,1-4H3,(H2,16,17,18). The molecular formula is C14H22ClN3O. The predicted molar refractivity (Wildman–Crippen MR) is 81.1 cm³/mol. The molecule has 0 amide bonds. The fourth-order valence-corrected chi connectivity index (χ4v) is 1.77. The molecule has 0 fully saturated rings. The van der Waals surface area contributed by atoms with E-state index in [0.717, 1.165) is 17.3 Å². The molecule has 0 spiro atoms. The first-order valence-electron chi connectivity index (χ1n) is 6.45. The maximum atomic E-state index is 5.97. The van der Waals surface area contributed by atoms with Crippen molar-refractivity contribution < 1.29 is 4.74 Å². The molecule has 0 bridgehead atoms. The Balaban J connectivity index is 2.71. The quantitative estimate of drug-likeness (QED) is 0.645. The zero-order chi connectivity index (χ0) is 14.3. The van der Waals surface area contributed by atoms with E-state index in [1.165, 1.54) is 0 Å². The summed E-state index contributed by atoms with van der Waals surface area (Å²) in [5.74, 6) is 1.58. The van der Waals surface area contributed by atoms with Crippen molar-refractivity contribution in [2.24, 2.45) is 4.99 Å². The second kappa shape index (κ2) is 7.89. The number of hydrogen-bond acceptors (Lipinski definition) is 2. The third-order valence-electron chi connectivity index (χ3n) is 2.42. The van der Waals surface area contributed by atoms with Gasteiger partial charge in [0.25, 0.3) is 0 Å². The fourth-order valence-electron chi connectivity index (χ4n) is 1.61. The highest BCUT2D eigenvalue weighted by Gasteiger charge is 2.06. The van der Waals surface area contributed by atoms with Gasteiger partial charge in [-0.2, -0.15) is 0 Å². The Labute approximate surface area is 120 Å². The van der Waals surface area contributed by atoms with Gasteiger partial charge in [0.15, 0.2) is 5.96 Å². The van der Waals surface area contributed by atoms with Crippen LogP contribution in [0, 0.1) is 0 Å². The van der Waals surface area contributed by atoms with Crippen LogP contribution in [-0.4, -0.2) is 25.7 Å². The highest BCUT2D eigenvalue weighted by molar-refractivity contribution is 6.30. The van der Waals surface area contributed by atoms with E-state index in [4.69, 9.17) is 16.3 Å². The van der Waals surface area contributed by atoms with E-state index in [-0.39, 0.29) is 0 Å². The molecule has 2 N–H and O–H groups in total. The van der Waals surface area contributed by atoms with E-state index < -0.39 is 0 Å². The van der Waals surface area contributed by atoms with Crippen LogP contribution in [0.2, 0.25) is 5.02 Å². The van der Waals surface area contributed by atoms with Crippen molar-refractivity contribution in [2.75, 3.05) is 13.7 Å². The molecule has 0 unspecified atom stereocenters. The van der Waals surface area contributed by atoms with Crippen molar-refractivity contribution in [2.45, 2.75) is 33.4 Å². The lowest BCUT2D eigenvalue weighted by Crippen LogP contribution is -2.40. The Morgan fingerprint density at radius 3 is 2.74 bits per heavy atom. The number of ether oxygens (including phenoxy) is 1. The molecule has 1 aromatic rings. The predicted octanol–water partition coefficient (Wildman–Crippen LogP) is 2.81. The molecule has 0 saturated heterocycles. The summed E-state index contributed by atoms with van der Waals surface area (Å²) in [5, 5.41) is 7.16. The number of halogens is 1. The van der Waals surface area contributed by atoms with Crippen molar-refractivity contribution in [3.8, 4) is 5.75 Å². The normalized spacial score (nSPS) is 11.6. The summed E-state index contributed by atoms with van der Waals surface area (Å²) in [6.07, 6.45) is 0. The zero-order valence-electron chi connectivity index (χ0n) is 12.0. The van der Waals surface area contributed by atoms with Gasteiger partial charge in [-0.15, -0.1) is 0 Å². The van der Waals surface area contributed by atoms with Gasteiger partial charge in [-0.3, -0.25) is 4.99 Å². The number of guanidine groups is 1. The van der Waals surface area contributed by atoms with Gasteiger partial charge in [-0.1, -0.05) is 17.7 Å². The lowest BCUT2D eigenvalue weighted by Gasteiger charge is -2.16. The molecule has 0 radical (unpaired) electrons. The second-order valence-corrected chi connectivity index (χ2v) is 4.85. The Hall–Kier alpha value is -1.42. The third-order valence-corrected chi connectivity index (χ3v) is 2.66. The summed E-state index contributed by atoms with van der Waals surface area (Å²) >= 11 is 5.97. The summed E-state index contributed by atoms with van der Waals surface area (Å²) in [6, 6.07) is 5.99. The van der Waals surface area contributed by atoms with E-state index >= 15 is 0 Å². The second-order valence-electron chi connectivity index (χ2n) is 4.41. The number of benzene rings is 1. The number of hydrogen-bond donors (Lipinski definition) is 2. The molecule has 0 aliphatic rings. The first-order valence-corrected chi connectivity index (χ1v) is 6.83. The summed E-state index contributed by atoms with van der Waals surface area (Å²) in [5.41, 5.74) is 1.05. The van der Waals surface area contributed by atoms with Crippen molar-refractivity contribution in [3.05, 3.63) is 28.8 Å². The van der Waals surface area contributed by atoms with Gasteiger partial charge in [-0.25, -0.2) is 0 Å². The van der Waals surface area contributed by atoms with E-state index in [2.05, 4.69) is 29.5 Å².